The maximum atomic E-state index is 12.6. The Morgan fingerprint density at radius 3 is 1.47 bits per heavy atom. The largest absolute Gasteiger partial charge is 0.305 e. The number of anilines is 2. The van der Waals surface area contributed by atoms with Gasteiger partial charge in [0.1, 0.15) is 0 Å². The number of benzene rings is 1. The van der Waals surface area contributed by atoms with E-state index in [1.807, 2.05) is 24.3 Å². The fourth-order valence-electron chi connectivity index (χ4n) is 3.54. The predicted octanol–water partition coefficient (Wildman–Crippen LogP) is 3.47. The van der Waals surface area contributed by atoms with E-state index < -0.39 is 0 Å². The molecule has 10 nitrogen and oxygen atoms in total. The van der Waals surface area contributed by atoms with E-state index in [4.69, 9.17) is 0 Å². The molecule has 178 valence electrons. The molecule has 0 aliphatic carbocycles. The summed E-state index contributed by atoms with van der Waals surface area (Å²) in [6, 6.07) is 17.5. The second kappa shape index (κ2) is 10.4. The summed E-state index contributed by atoms with van der Waals surface area (Å²) in [4.78, 5) is 33.4. The molecule has 5 aromatic rings. The topological polar surface area (TPSA) is 120 Å². The van der Waals surface area contributed by atoms with Gasteiger partial charge < -0.3 is 10.6 Å². The number of pyridine rings is 2. The Labute approximate surface area is 206 Å². The van der Waals surface area contributed by atoms with Crippen LogP contribution in [0.15, 0.2) is 97.8 Å². The third-order valence-electron chi connectivity index (χ3n) is 5.31. The van der Waals surface area contributed by atoms with Crippen molar-refractivity contribution in [3.8, 4) is 0 Å². The number of carbonyl (C=O) groups excluding carboxylic acids is 2. The van der Waals surface area contributed by atoms with Crippen molar-refractivity contribution in [1.29, 1.82) is 0 Å². The van der Waals surface area contributed by atoms with E-state index in [0.717, 1.165) is 11.1 Å². The highest BCUT2D eigenvalue weighted by atomic mass is 16.2. The number of nitrogens with one attached hydrogen (secondary N) is 2. The molecule has 4 heterocycles. The first-order valence-corrected chi connectivity index (χ1v) is 11.2. The molecule has 2 N–H and O–H groups in total. The average Bonchev–Trinajstić information content (AvgIpc) is 3.54. The molecule has 0 bridgehead atoms. The van der Waals surface area contributed by atoms with Crippen molar-refractivity contribution in [3.05, 3.63) is 120 Å². The SMILES string of the molecule is O=C(Nc1ccn(Cc2cccnc2)n1)c1ccc(C(=O)Nc2ccn(Cc3cccnc3)n2)cc1. The van der Waals surface area contributed by atoms with E-state index in [1.54, 1.807) is 82.9 Å². The number of aromatic nitrogens is 6. The van der Waals surface area contributed by atoms with Crippen molar-refractivity contribution in [3.63, 3.8) is 0 Å². The van der Waals surface area contributed by atoms with Crippen LogP contribution in [0, 0.1) is 0 Å². The van der Waals surface area contributed by atoms with Crippen molar-refractivity contribution in [2.24, 2.45) is 0 Å². The Bertz CT molecular complexity index is 1350. The van der Waals surface area contributed by atoms with E-state index in [9.17, 15) is 9.59 Å². The smallest absolute Gasteiger partial charge is 0.256 e. The van der Waals surface area contributed by atoms with Crippen LogP contribution >= 0.6 is 0 Å². The molecule has 4 aromatic heterocycles. The van der Waals surface area contributed by atoms with Gasteiger partial charge in [-0.3, -0.25) is 28.9 Å². The molecule has 36 heavy (non-hydrogen) atoms. The van der Waals surface area contributed by atoms with Gasteiger partial charge in [0.05, 0.1) is 13.1 Å². The highest BCUT2D eigenvalue weighted by Gasteiger charge is 2.12. The van der Waals surface area contributed by atoms with E-state index in [-0.39, 0.29) is 11.8 Å². The van der Waals surface area contributed by atoms with Crippen LogP contribution in [-0.4, -0.2) is 41.3 Å². The number of hydrogen-bond donors (Lipinski definition) is 2. The first-order valence-electron chi connectivity index (χ1n) is 11.2. The molecular formula is C26H22N8O2. The maximum Gasteiger partial charge on any atom is 0.256 e. The third kappa shape index (κ3) is 5.68. The van der Waals surface area contributed by atoms with E-state index in [2.05, 4.69) is 30.8 Å². The summed E-state index contributed by atoms with van der Waals surface area (Å²) >= 11 is 0. The molecule has 0 aliphatic heterocycles. The molecule has 0 saturated heterocycles. The molecule has 0 saturated carbocycles. The van der Waals surface area contributed by atoms with Gasteiger partial charge in [-0.25, -0.2) is 0 Å². The lowest BCUT2D eigenvalue weighted by molar-refractivity contribution is 0.101. The minimum atomic E-state index is -0.317. The summed E-state index contributed by atoms with van der Waals surface area (Å²) in [7, 11) is 0. The zero-order valence-corrected chi connectivity index (χ0v) is 19.2. The minimum Gasteiger partial charge on any atom is -0.305 e. The maximum absolute atomic E-state index is 12.6. The fraction of sp³-hybridized carbons (Fsp3) is 0.0769. The van der Waals surface area contributed by atoms with Crippen LogP contribution in [0.3, 0.4) is 0 Å². The fourth-order valence-corrected chi connectivity index (χ4v) is 3.54. The predicted molar refractivity (Wildman–Crippen MR) is 133 cm³/mol. The zero-order valence-electron chi connectivity index (χ0n) is 19.2. The van der Waals surface area contributed by atoms with Crippen molar-refractivity contribution < 1.29 is 9.59 Å². The summed E-state index contributed by atoms with van der Waals surface area (Å²) in [5.41, 5.74) is 2.84. The van der Waals surface area contributed by atoms with Gasteiger partial charge in [-0.2, -0.15) is 10.2 Å². The van der Waals surface area contributed by atoms with Gasteiger partial charge in [-0.1, -0.05) is 12.1 Å². The average molecular weight is 479 g/mol. The van der Waals surface area contributed by atoms with E-state index in [1.165, 1.54) is 0 Å². The molecule has 0 spiro atoms. The van der Waals surface area contributed by atoms with Crippen LogP contribution < -0.4 is 10.6 Å². The number of hydrogen-bond acceptors (Lipinski definition) is 6. The lowest BCUT2D eigenvalue weighted by atomic mass is 10.1. The Morgan fingerprint density at radius 2 is 1.08 bits per heavy atom. The quantitative estimate of drug-likeness (QED) is 0.352. The summed E-state index contributed by atoms with van der Waals surface area (Å²) in [5.74, 6) is 0.241. The first-order chi connectivity index (χ1) is 17.6. The van der Waals surface area contributed by atoms with Crippen LogP contribution in [0.25, 0.3) is 0 Å². The number of nitrogens with zero attached hydrogens (tertiary/aromatic N) is 6. The highest BCUT2D eigenvalue weighted by molar-refractivity contribution is 6.06. The molecule has 1 aromatic carbocycles. The molecule has 0 fully saturated rings. The van der Waals surface area contributed by atoms with Crippen LogP contribution in [0.2, 0.25) is 0 Å². The van der Waals surface area contributed by atoms with Gasteiger partial charge in [0.2, 0.25) is 0 Å². The number of carbonyl (C=O) groups is 2. The molecule has 0 radical (unpaired) electrons. The van der Waals surface area contributed by atoms with Crippen LogP contribution in [0.5, 0.6) is 0 Å². The third-order valence-corrected chi connectivity index (χ3v) is 5.31. The second-order valence-electron chi connectivity index (χ2n) is 8.01. The summed E-state index contributed by atoms with van der Waals surface area (Å²) in [5, 5.41) is 14.3. The number of rotatable bonds is 8. The lowest BCUT2D eigenvalue weighted by Gasteiger charge is -2.05. The number of amides is 2. The molecule has 0 unspecified atom stereocenters. The normalized spacial score (nSPS) is 10.7. The van der Waals surface area contributed by atoms with Crippen molar-refractivity contribution in [2.45, 2.75) is 13.1 Å². The van der Waals surface area contributed by atoms with Crippen LogP contribution in [0.1, 0.15) is 31.8 Å². The van der Waals surface area contributed by atoms with Crippen molar-refractivity contribution >= 4 is 23.5 Å². The summed E-state index contributed by atoms with van der Waals surface area (Å²) < 4.78 is 3.44. The van der Waals surface area contributed by atoms with Gasteiger partial charge in [-0.05, 0) is 47.5 Å². The van der Waals surface area contributed by atoms with Gasteiger partial charge in [0.15, 0.2) is 11.6 Å². The van der Waals surface area contributed by atoms with Gasteiger partial charge in [0, 0.05) is 60.4 Å². The molecule has 0 atom stereocenters. The second-order valence-corrected chi connectivity index (χ2v) is 8.01. The summed E-state index contributed by atoms with van der Waals surface area (Å²) in [6.45, 7) is 1.10. The molecule has 2 amide bonds. The Balaban J connectivity index is 1.16. The Kier molecular flexibility index (Phi) is 6.57. The molecular weight excluding hydrogens is 456 g/mol. The molecule has 0 aliphatic rings. The highest BCUT2D eigenvalue weighted by Crippen LogP contribution is 2.12. The van der Waals surface area contributed by atoms with Crippen molar-refractivity contribution in [2.75, 3.05) is 10.6 Å². The minimum absolute atomic E-state index is 0.317. The van der Waals surface area contributed by atoms with E-state index in [0.29, 0.717) is 35.9 Å². The van der Waals surface area contributed by atoms with Gasteiger partial charge in [-0.15, -0.1) is 0 Å². The summed E-state index contributed by atoms with van der Waals surface area (Å²) in [6.07, 6.45) is 10.5. The van der Waals surface area contributed by atoms with Gasteiger partial charge in [0.25, 0.3) is 11.8 Å². The van der Waals surface area contributed by atoms with Crippen LogP contribution in [-0.2, 0) is 13.1 Å². The monoisotopic (exact) mass is 478 g/mol. The standard InChI is InChI=1S/C26H22N8O2/c35-25(29-23-9-13-33(31-23)17-19-3-1-11-27-15-19)21-5-7-22(8-6-21)26(36)30-24-10-14-34(32-24)18-20-4-2-12-28-16-20/h1-16H,17-18H2,(H,29,31,35)(H,30,32,36). The van der Waals surface area contributed by atoms with Gasteiger partial charge >= 0.3 is 0 Å². The van der Waals surface area contributed by atoms with E-state index >= 15 is 0 Å². The first kappa shape index (κ1) is 22.7. The zero-order chi connectivity index (χ0) is 24.7. The molecule has 10 heteroatoms. The van der Waals surface area contributed by atoms with Crippen molar-refractivity contribution in [1.82, 2.24) is 29.5 Å². The lowest BCUT2D eigenvalue weighted by Crippen LogP contribution is -2.15. The Hall–Kier alpha value is -5.12. The Morgan fingerprint density at radius 1 is 0.639 bits per heavy atom. The van der Waals surface area contributed by atoms with Crippen LogP contribution in [0.4, 0.5) is 11.6 Å². The molecule has 5 rings (SSSR count).